The largest absolute Gasteiger partial charge is 0.323 e. The maximum atomic E-state index is 14.4. The molecule has 0 aliphatic carbocycles. The van der Waals surface area contributed by atoms with Crippen molar-refractivity contribution in [3.8, 4) is 0 Å². The number of fused-ring (bicyclic) bond motifs is 1. The molecule has 3 aromatic carbocycles. The number of hydrogen-bond acceptors (Lipinski definition) is 4. The van der Waals surface area contributed by atoms with Crippen molar-refractivity contribution in [3.05, 3.63) is 95.6 Å². The molecule has 4 rings (SSSR count). The van der Waals surface area contributed by atoms with Gasteiger partial charge in [-0.25, -0.2) is 18.0 Å². The van der Waals surface area contributed by atoms with Gasteiger partial charge in [0.1, 0.15) is 5.82 Å². The Hall–Kier alpha value is -4.27. The van der Waals surface area contributed by atoms with Crippen LogP contribution in [0.25, 0.3) is 11.0 Å². The van der Waals surface area contributed by atoms with Crippen molar-refractivity contribution >= 4 is 34.2 Å². The first-order valence-corrected chi connectivity index (χ1v) is 8.99. The van der Waals surface area contributed by atoms with Gasteiger partial charge in [0.05, 0.1) is 16.6 Å². The number of rotatable bonds is 4. The Kier molecular flexibility index (Phi) is 5.31. The van der Waals surface area contributed by atoms with Crippen molar-refractivity contribution in [1.29, 1.82) is 0 Å². The number of urea groups is 1. The average molecular weight is 422 g/mol. The summed E-state index contributed by atoms with van der Waals surface area (Å²) in [6, 6.07) is 10.5. The Balaban J connectivity index is 1.61. The maximum Gasteiger partial charge on any atom is 0.323 e. The quantitative estimate of drug-likeness (QED) is 0.457. The highest BCUT2D eigenvalue weighted by Crippen LogP contribution is 2.23. The summed E-state index contributed by atoms with van der Waals surface area (Å²) in [5.74, 6) is -4.01. The van der Waals surface area contributed by atoms with E-state index in [-0.39, 0.29) is 16.9 Å². The molecular weight excluding hydrogens is 409 g/mol. The molecule has 0 radical (unpaired) electrons. The second-order valence-corrected chi connectivity index (χ2v) is 6.50. The molecule has 2 N–H and O–H groups in total. The summed E-state index contributed by atoms with van der Waals surface area (Å²) in [7, 11) is 0. The van der Waals surface area contributed by atoms with Gasteiger partial charge in [-0.3, -0.25) is 14.8 Å². The van der Waals surface area contributed by atoms with Gasteiger partial charge in [0.15, 0.2) is 17.4 Å². The number of ketones is 1. The number of carbonyl (C=O) groups is 2. The number of aromatic nitrogens is 2. The van der Waals surface area contributed by atoms with Gasteiger partial charge in [0.2, 0.25) is 0 Å². The molecule has 0 aliphatic rings. The number of amides is 2. The van der Waals surface area contributed by atoms with Crippen LogP contribution in [0, 0.1) is 17.5 Å². The highest BCUT2D eigenvalue weighted by molar-refractivity contribution is 6.11. The van der Waals surface area contributed by atoms with Crippen molar-refractivity contribution in [2.75, 3.05) is 10.6 Å². The average Bonchev–Trinajstić information content (AvgIpc) is 2.75. The van der Waals surface area contributed by atoms with Crippen LogP contribution in [-0.2, 0) is 0 Å². The van der Waals surface area contributed by atoms with Crippen LogP contribution in [0.5, 0.6) is 0 Å². The zero-order valence-corrected chi connectivity index (χ0v) is 15.7. The third kappa shape index (κ3) is 4.35. The van der Waals surface area contributed by atoms with E-state index in [1.807, 2.05) is 0 Å². The lowest BCUT2D eigenvalue weighted by Crippen LogP contribution is -2.20. The van der Waals surface area contributed by atoms with E-state index >= 15 is 0 Å². The van der Waals surface area contributed by atoms with E-state index in [1.54, 1.807) is 6.07 Å². The Morgan fingerprint density at radius 3 is 2.29 bits per heavy atom. The van der Waals surface area contributed by atoms with Gasteiger partial charge < -0.3 is 10.6 Å². The van der Waals surface area contributed by atoms with Gasteiger partial charge in [0, 0.05) is 35.4 Å². The number of benzene rings is 3. The Morgan fingerprint density at radius 1 is 0.774 bits per heavy atom. The lowest BCUT2D eigenvalue weighted by atomic mass is 10.0. The van der Waals surface area contributed by atoms with Crippen LogP contribution >= 0.6 is 0 Å². The molecule has 0 fully saturated rings. The minimum atomic E-state index is -1.35. The van der Waals surface area contributed by atoms with Crippen LogP contribution in [0.3, 0.4) is 0 Å². The Labute approximate surface area is 173 Å². The molecule has 0 saturated heterocycles. The second kappa shape index (κ2) is 8.23. The summed E-state index contributed by atoms with van der Waals surface area (Å²) < 4.78 is 41.7. The Morgan fingerprint density at radius 2 is 1.52 bits per heavy atom. The molecule has 0 saturated carbocycles. The standard InChI is InChI=1S/C22H13F3N4O2/c23-13-2-1-3-14(9-13)28-22(31)29-15-10-16(20(25)17(24)11-15)21(30)12-4-5-18-19(8-12)27-7-6-26-18/h1-11H,(H2,28,29,31). The van der Waals surface area contributed by atoms with Crippen LogP contribution in [-0.4, -0.2) is 21.8 Å². The number of hydrogen-bond donors (Lipinski definition) is 2. The van der Waals surface area contributed by atoms with E-state index in [2.05, 4.69) is 20.6 Å². The third-order valence-electron chi connectivity index (χ3n) is 4.34. The van der Waals surface area contributed by atoms with Crippen LogP contribution in [0.4, 0.5) is 29.3 Å². The van der Waals surface area contributed by atoms with Gasteiger partial charge in [-0.05, 0) is 42.5 Å². The summed E-state index contributed by atoms with van der Waals surface area (Å²) in [6.07, 6.45) is 2.93. The molecule has 6 nitrogen and oxygen atoms in total. The molecule has 1 heterocycles. The first kappa shape index (κ1) is 20.0. The molecule has 9 heteroatoms. The predicted molar refractivity (Wildman–Crippen MR) is 108 cm³/mol. The smallest absolute Gasteiger partial charge is 0.308 e. The van der Waals surface area contributed by atoms with E-state index in [9.17, 15) is 22.8 Å². The van der Waals surface area contributed by atoms with E-state index in [0.29, 0.717) is 11.0 Å². The summed E-state index contributed by atoms with van der Waals surface area (Å²) in [5.41, 5.74) is 0.468. The molecule has 0 unspecified atom stereocenters. The van der Waals surface area contributed by atoms with Crippen molar-refractivity contribution in [2.45, 2.75) is 0 Å². The van der Waals surface area contributed by atoms with Crippen molar-refractivity contribution in [1.82, 2.24) is 9.97 Å². The zero-order chi connectivity index (χ0) is 22.0. The normalized spacial score (nSPS) is 10.7. The molecule has 1 aromatic heterocycles. The number of anilines is 2. The molecular formula is C22H13F3N4O2. The fraction of sp³-hybridized carbons (Fsp3) is 0. The van der Waals surface area contributed by atoms with Crippen molar-refractivity contribution < 1.29 is 22.8 Å². The fourth-order valence-electron chi connectivity index (χ4n) is 2.95. The van der Waals surface area contributed by atoms with Crippen LogP contribution < -0.4 is 10.6 Å². The van der Waals surface area contributed by atoms with Crippen LogP contribution in [0.15, 0.2) is 67.0 Å². The van der Waals surface area contributed by atoms with Gasteiger partial charge in [-0.2, -0.15) is 0 Å². The van der Waals surface area contributed by atoms with E-state index in [4.69, 9.17) is 0 Å². The lowest BCUT2D eigenvalue weighted by molar-refractivity contribution is 0.103. The third-order valence-corrected chi connectivity index (χ3v) is 4.34. The number of nitrogens with one attached hydrogen (secondary N) is 2. The number of carbonyl (C=O) groups excluding carboxylic acids is 2. The van der Waals surface area contributed by atoms with E-state index in [0.717, 1.165) is 18.2 Å². The second-order valence-electron chi connectivity index (χ2n) is 6.50. The molecule has 0 aliphatic heterocycles. The van der Waals surface area contributed by atoms with Gasteiger partial charge >= 0.3 is 6.03 Å². The first-order valence-electron chi connectivity index (χ1n) is 8.99. The Bertz CT molecular complexity index is 1330. The SMILES string of the molecule is O=C(Nc1cccc(F)c1)Nc1cc(F)c(F)c(C(=O)c2ccc3nccnc3c2)c1. The summed E-state index contributed by atoms with van der Waals surface area (Å²) in [4.78, 5) is 33.1. The summed E-state index contributed by atoms with van der Waals surface area (Å²) in [5, 5.41) is 4.66. The zero-order valence-electron chi connectivity index (χ0n) is 15.7. The number of halogens is 3. The first-order chi connectivity index (χ1) is 14.9. The van der Waals surface area contributed by atoms with Crippen LogP contribution in [0.2, 0.25) is 0 Å². The highest BCUT2D eigenvalue weighted by atomic mass is 19.2. The maximum absolute atomic E-state index is 14.4. The molecule has 154 valence electrons. The minimum absolute atomic E-state index is 0.0765. The lowest BCUT2D eigenvalue weighted by Gasteiger charge is -2.11. The van der Waals surface area contributed by atoms with E-state index < -0.39 is 34.8 Å². The molecule has 2 amide bonds. The summed E-state index contributed by atoms with van der Waals surface area (Å²) in [6.45, 7) is 0. The molecule has 0 bridgehead atoms. The molecule has 0 spiro atoms. The molecule has 0 atom stereocenters. The summed E-state index contributed by atoms with van der Waals surface area (Å²) >= 11 is 0. The predicted octanol–water partition coefficient (Wildman–Crippen LogP) is 4.92. The topological polar surface area (TPSA) is 84.0 Å². The van der Waals surface area contributed by atoms with Gasteiger partial charge in [0.25, 0.3) is 0 Å². The van der Waals surface area contributed by atoms with E-state index in [1.165, 1.54) is 42.7 Å². The molecule has 4 aromatic rings. The fourth-order valence-corrected chi connectivity index (χ4v) is 2.95. The minimum Gasteiger partial charge on any atom is -0.308 e. The highest BCUT2D eigenvalue weighted by Gasteiger charge is 2.20. The van der Waals surface area contributed by atoms with Gasteiger partial charge in [-0.15, -0.1) is 0 Å². The van der Waals surface area contributed by atoms with Crippen molar-refractivity contribution in [3.63, 3.8) is 0 Å². The monoisotopic (exact) mass is 422 g/mol. The van der Waals surface area contributed by atoms with Crippen molar-refractivity contribution in [2.24, 2.45) is 0 Å². The van der Waals surface area contributed by atoms with Crippen LogP contribution in [0.1, 0.15) is 15.9 Å². The molecule has 31 heavy (non-hydrogen) atoms. The number of nitrogens with zero attached hydrogens (tertiary/aromatic N) is 2. The van der Waals surface area contributed by atoms with Gasteiger partial charge in [-0.1, -0.05) is 6.07 Å².